The molecule has 4 heteroatoms. The molecular weight excluding hydrogens is 244 g/mol. The largest absolute Gasteiger partial charge is 0.395 e. The summed E-state index contributed by atoms with van der Waals surface area (Å²) in [5, 5.41) is 15.2. The van der Waals surface area contributed by atoms with Gasteiger partial charge in [-0.3, -0.25) is 4.68 Å². The van der Waals surface area contributed by atoms with Gasteiger partial charge in [0.05, 0.1) is 18.8 Å². The fourth-order valence-corrected chi connectivity index (χ4v) is 2.53. The SMILES string of the molecule is Cc1cc(C)n(Cc2cc(C#CCCO)cs2)n1. The Morgan fingerprint density at radius 3 is 2.89 bits per heavy atom. The van der Waals surface area contributed by atoms with Gasteiger partial charge in [-0.1, -0.05) is 11.8 Å². The molecule has 3 nitrogen and oxygen atoms in total. The lowest BCUT2D eigenvalue weighted by atomic mass is 10.3. The smallest absolute Gasteiger partial charge is 0.0755 e. The van der Waals surface area contributed by atoms with Crippen LogP contribution in [0.5, 0.6) is 0 Å². The van der Waals surface area contributed by atoms with Gasteiger partial charge in [0.1, 0.15) is 0 Å². The molecule has 0 amide bonds. The van der Waals surface area contributed by atoms with Crippen LogP contribution in [0.2, 0.25) is 0 Å². The zero-order chi connectivity index (χ0) is 13.0. The first-order valence-corrected chi connectivity index (χ1v) is 6.75. The molecule has 0 radical (unpaired) electrons. The molecule has 1 N–H and O–H groups in total. The molecule has 0 aliphatic rings. The van der Waals surface area contributed by atoms with E-state index >= 15 is 0 Å². The van der Waals surface area contributed by atoms with E-state index in [1.165, 1.54) is 10.6 Å². The predicted molar refractivity (Wildman–Crippen MR) is 73.7 cm³/mol. The lowest BCUT2D eigenvalue weighted by Gasteiger charge is -2.00. The lowest BCUT2D eigenvalue weighted by Crippen LogP contribution is -2.02. The lowest BCUT2D eigenvalue weighted by molar-refractivity contribution is 0.305. The van der Waals surface area contributed by atoms with Crippen LogP contribution in [-0.2, 0) is 6.54 Å². The molecule has 0 aliphatic heterocycles. The van der Waals surface area contributed by atoms with Gasteiger partial charge in [0.25, 0.3) is 0 Å². The summed E-state index contributed by atoms with van der Waals surface area (Å²) < 4.78 is 2.01. The van der Waals surface area contributed by atoms with Crippen LogP contribution in [0.1, 0.15) is 28.2 Å². The first kappa shape index (κ1) is 12.9. The van der Waals surface area contributed by atoms with Crippen molar-refractivity contribution in [2.24, 2.45) is 0 Å². The molecule has 0 saturated carbocycles. The summed E-state index contributed by atoms with van der Waals surface area (Å²) >= 11 is 1.69. The maximum absolute atomic E-state index is 8.67. The third kappa shape index (κ3) is 3.22. The Kier molecular flexibility index (Phi) is 4.19. The fourth-order valence-electron chi connectivity index (χ4n) is 1.73. The molecule has 0 bridgehead atoms. The van der Waals surface area contributed by atoms with E-state index in [0.29, 0.717) is 6.42 Å². The minimum Gasteiger partial charge on any atom is -0.395 e. The first-order valence-electron chi connectivity index (χ1n) is 5.87. The first-order chi connectivity index (χ1) is 8.69. The Hall–Kier alpha value is -1.57. The van der Waals surface area contributed by atoms with E-state index in [-0.39, 0.29) is 6.61 Å². The van der Waals surface area contributed by atoms with Gasteiger partial charge in [-0.2, -0.15) is 5.10 Å². The molecule has 2 aromatic rings. The number of aliphatic hydroxyl groups excluding tert-OH is 1. The van der Waals surface area contributed by atoms with E-state index in [9.17, 15) is 0 Å². The standard InChI is InChI=1S/C14H16N2OS/c1-11-7-12(2)16(15-11)9-14-8-13(10-18-14)5-3-4-6-17/h7-8,10,17H,4,6,9H2,1-2H3. The van der Waals surface area contributed by atoms with Gasteiger partial charge < -0.3 is 5.11 Å². The van der Waals surface area contributed by atoms with Crippen LogP contribution in [-0.4, -0.2) is 21.5 Å². The number of hydrogen-bond donors (Lipinski definition) is 1. The van der Waals surface area contributed by atoms with Gasteiger partial charge in [-0.05, 0) is 26.0 Å². The van der Waals surface area contributed by atoms with Crippen molar-refractivity contribution in [1.29, 1.82) is 0 Å². The monoisotopic (exact) mass is 260 g/mol. The molecule has 94 valence electrons. The summed E-state index contributed by atoms with van der Waals surface area (Å²) in [5.41, 5.74) is 3.24. The molecule has 0 unspecified atom stereocenters. The number of hydrogen-bond acceptors (Lipinski definition) is 3. The van der Waals surface area contributed by atoms with Gasteiger partial charge in [0.15, 0.2) is 0 Å². The Balaban J connectivity index is 2.07. The third-order valence-corrected chi connectivity index (χ3v) is 3.45. The molecular formula is C14H16N2OS. The van der Waals surface area contributed by atoms with Crippen LogP contribution in [0.4, 0.5) is 0 Å². The molecule has 18 heavy (non-hydrogen) atoms. The number of aromatic nitrogens is 2. The van der Waals surface area contributed by atoms with E-state index in [1.807, 2.05) is 17.0 Å². The summed E-state index contributed by atoms with van der Waals surface area (Å²) in [5.74, 6) is 5.97. The molecule has 2 heterocycles. The quantitative estimate of drug-likeness (QED) is 0.860. The second-order valence-corrected chi connectivity index (χ2v) is 5.16. The van der Waals surface area contributed by atoms with Gasteiger partial charge >= 0.3 is 0 Å². The van der Waals surface area contributed by atoms with Gasteiger partial charge in [0.2, 0.25) is 0 Å². The van der Waals surface area contributed by atoms with E-state index in [2.05, 4.69) is 36.0 Å². The highest BCUT2D eigenvalue weighted by Gasteiger charge is 2.03. The minimum absolute atomic E-state index is 0.121. The zero-order valence-corrected chi connectivity index (χ0v) is 11.4. The van der Waals surface area contributed by atoms with E-state index in [4.69, 9.17) is 5.11 Å². The molecule has 0 atom stereocenters. The number of aryl methyl sites for hydroxylation is 2. The average Bonchev–Trinajstić information content (AvgIpc) is 2.88. The van der Waals surface area contributed by atoms with Crippen LogP contribution < -0.4 is 0 Å². The van der Waals surface area contributed by atoms with E-state index in [0.717, 1.165) is 17.8 Å². The number of nitrogens with zero attached hydrogens (tertiary/aromatic N) is 2. The van der Waals surface area contributed by atoms with Crippen molar-refractivity contribution in [2.45, 2.75) is 26.8 Å². The predicted octanol–water partition coefficient (Wildman–Crippen LogP) is 2.34. The van der Waals surface area contributed by atoms with Crippen molar-refractivity contribution in [1.82, 2.24) is 9.78 Å². The average molecular weight is 260 g/mol. The van der Waals surface area contributed by atoms with Crippen LogP contribution in [0.15, 0.2) is 17.5 Å². The van der Waals surface area contributed by atoms with Crippen molar-refractivity contribution in [3.8, 4) is 11.8 Å². The maximum atomic E-state index is 8.67. The van der Waals surface area contributed by atoms with Crippen LogP contribution in [0, 0.1) is 25.7 Å². The summed E-state index contributed by atoms with van der Waals surface area (Å²) in [7, 11) is 0. The number of rotatable bonds is 3. The highest BCUT2D eigenvalue weighted by Crippen LogP contribution is 2.16. The van der Waals surface area contributed by atoms with E-state index in [1.54, 1.807) is 11.3 Å². The molecule has 0 spiro atoms. The minimum atomic E-state index is 0.121. The van der Waals surface area contributed by atoms with Crippen molar-refractivity contribution in [3.63, 3.8) is 0 Å². The Labute approximate surface area is 111 Å². The second-order valence-electron chi connectivity index (χ2n) is 4.16. The highest BCUT2D eigenvalue weighted by atomic mass is 32.1. The summed E-state index contributed by atoms with van der Waals surface area (Å²) in [6.07, 6.45) is 0.530. The summed E-state index contributed by atoms with van der Waals surface area (Å²) in [6.45, 7) is 4.99. The Morgan fingerprint density at radius 2 is 2.22 bits per heavy atom. The van der Waals surface area contributed by atoms with Gasteiger partial charge in [0, 0.05) is 27.9 Å². The summed E-state index contributed by atoms with van der Waals surface area (Å²) in [4.78, 5) is 1.24. The van der Waals surface area contributed by atoms with Gasteiger partial charge in [-0.25, -0.2) is 0 Å². The van der Waals surface area contributed by atoms with Crippen molar-refractivity contribution in [2.75, 3.05) is 6.61 Å². The molecule has 0 saturated heterocycles. The Morgan fingerprint density at radius 1 is 1.39 bits per heavy atom. The maximum Gasteiger partial charge on any atom is 0.0755 e. The molecule has 0 fully saturated rings. The van der Waals surface area contributed by atoms with Gasteiger partial charge in [-0.15, -0.1) is 11.3 Å². The summed E-state index contributed by atoms with van der Waals surface area (Å²) in [6, 6.07) is 4.17. The third-order valence-electron chi connectivity index (χ3n) is 2.53. The van der Waals surface area contributed by atoms with Crippen LogP contribution in [0.3, 0.4) is 0 Å². The molecule has 0 aromatic carbocycles. The molecule has 2 rings (SSSR count). The number of aliphatic hydroxyl groups is 1. The second kappa shape index (κ2) is 5.85. The molecule has 0 aliphatic carbocycles. The Bertz CT molecular complexity index is 586. The molecule has 2 aromatic heterocycles. The normalized spacial score (nSPS) is 10.2. The fraction of sp³-hybridized carbons (Fsp3) is 0.357. The van der Waals surface area contributed by atoms with Crippen LogP contribution in [0.25, 0.3) is 0 Å². The topological polar surface area (TPSA) is 38.0 Å². The number of thiophene rings is 1. The highest BCUT2D eigenvalue weighted by molar-refractivity contribution is 7.10. The van der Waals surface area contributed by atoms with Crippen LogP contribution >= 0.6 is 11.3 Å². The van der Waals surface area contributed by atoms with Crippen molar-refractivity contribution < 1.29 is 5.11 Å². The zero-order valence-electron chi connectivity index (χ0n) is 10.6. The van der Waals surface area contributed by atoms with E-state index < -0.39 is 0 Å². The van der Waals surface area contributed by atoms with Crippen molar-refractivity contribution in [3.05, 3.63) is 39.3 Å². The van der Waals surface area contributed by atoms with Crippen molar-refractivity contribution >= 4 is 11.3 Å².